The van der Waals surface area contributed by atoms with Crippen LogP contribution < -0.4 is 0 Å². The first-order valence-corrected chi connectivity index (χ1v) is 8.22. The van der Waals surface area contributed by atoms with Gasteiger partial charge in [0.2, 0.25) is 0 Å². The van der Waals surface area contributed by atoms with Crippen LogP contribution in [0.15, 0.2) is 17.0 Å². The molecule has 1 aromatic heterocycles. The Bertz CT molecular complexity index is 775. The van der Waals surface area contributed by atoms with E-state index in [4.69, 9.17) is 0 Å². The maximum absolute atomic E-state index is 13.3. The third-order valence-corrected chi connectivity index (χ3v) is 3.88. The molecule has 0 aliphatic heterocycles. The highest BCUT2D eigenvalue weighted by Gasteiger charge is 2.49. The largest absolute Gasteiger partial charge is 0.433 e. The molecule has 146 valence electrons. The van der Waals surface area contributed by atoms with Crippen LogP contribution in [0.3, 0.4) is 0 Å². The Morgan fingerprint density at radius 2 is 1.46 bits per heavy atom. The summed E-state index contributed by atoms with van der Waals surface area (Å²) >= 11 is 4.12. The number of hydrogen-bond acceptors (Lipinski definition) is 2. The molecule has 1 heterocycles. The minimum Gasteiger partial charge on any atom is -0.262 e. The van der Waals surface area contributed by atoms with Gasteiger partial charge in [-0.25, -0.2) is 0 Å². The molecule has 2 rings (SSSR count). The fourth-order valence-electron chi connectivity index (χ4n) is 2.40. The van der Waals surface area contributed by atoms with Crippen LogP contribution in [0, 0.1) is 13.8 Å². The first-order chi connectivity index (χ1) is 11.8. The lowest BCUT2D eigenvalue weighted by Crippen LogP contribution is -2.19. The molecule has 0 bridgehead atoms. The molecular formula is C17H20F6N2S. The van der Waals surface area contributed by atoms with Gasteiger partial charge in [-0.05, 0) is 31.0 Å². The summed E-state index contributed by atoms with van der Waals surface area (Å²) < 4.78 is 79.2. The summed E-state index contributed by atoms with van der Waals surface area (Å²) in [6, 6.07) is 2.85. The van der Waals surface area contributed by atoms with Crippen molar-refractivity contribution >= 4 is 12.6 Å². The molecule has 2 nitrogen and oxygen atoms in total. The topological polar surface area (TPSA) is 17.8 Å². The second-order valence-corrected chi connectivity index (χ2v) is 6.33. The standard InChI is InChI=1S/C14H12F6N2S.C3H8/c1-6-4-7(2)9(23)5-8(6)11-10(13(15,16)17)12(14(18,19)20)22(3)21-11;1-3-2/h4-5,23H,1-3H3;3H2,1-2H3. The van der Waals surface area contributed by atoms with Crippen LogP contribution in [0.25, 0.3) is 11.3 Å². The van der Waals surface area contributed by atoms with Crippen molar-refractivity contribution in [2.45, 2.75) is 51.4 Å². The smallest absolute Gasteiger partial charge is 0.262 e. The lowest BCUT2D eigenvalue weighted by atomic mass is 9.99. The van der Waals surface area contributed by atoms with Gasteiger partial charge in [-0.1, -0.05) is 26.3 Å². The zero-order valence-corrected chi connectivity index (χ0v) is 15.9. The molecule has 9 heteroatoms. The van der Waals surface area contributed by atoms with Crippen LogP contribution in [0.5, 0.6) is 0 Å². The minimum absolute atomic E-state index is 0.0287. The molecule has 0 unspecified atom stereocenters. The molecule has 0 spiro atoms. The third-order valence-electron chi connectivity index (χ3n) is 3.40. The van der Waals surface area contributed by atoms with Crippen molar-refractivity contribution < 1.29 is 26.3 Å². The number of halogens is 6. The summed E-state index contributed by atoms with van der Waals surface area (Å²) in [6.07, 6.45) is -9.12. The van der Waals surface area contributed by atoms with Gasteiger partial charge in [-0.3, -0.25) is 4.68 Å². The van der Waals surface area contributed by atoms with Gasteiger partial charge >= 0.3 is 12.4 Å². The molecule has 0 atom stereocenters. The molecule has 0 fully saturated rings. The van der Waals surface area contributed by atoms with E-state index >= 15 is 0 Å². The monoisotopic (exact) mass is 398 g/mol. The summed E-state index contributed by atoms with van der Waals surface area (Å²) in [7, 11) is 0.840. The van der Waals surface area contributed by atoms with E-state index in [1.807, 2.05) is 0 Å². The second kappa shape index (κ2) is 7.94. The maximum Gasteiger partial charge on any atom is 0.433 e. The summed E-state index contributed by atoms with van der Waals surface area (Å²) in [4.78, 5) is 0.373. The van der Waals surface area contributed by atoms with Crippen LogP contribution in [-0.2, 0) is 19.4 Å². The molecule has 0 saturated carbocycles. The first kappa shape index (κ1) is 22.4. The van der Waals surface area contributed by atoms with E-state index in [1.54, 1.807) is 13.0 Å². The Morgan fingerprint density at radius 1 is 0.962 bits per heavy atom. The molecule has 0 aliphatic rings. The number of aryl methyl sites for hydroxylation is 3. The highest BCUT2D eigenvalue weighted by molar-refractivity contribution is 7.80. The number of hydrogen-bond donors (Lipinski definition) is 1. The van der Waals surface area contributed by atoms with Gasteiger partial charge in [0, 0.05) is 17.5 Å². The van der Waals surface area contributed by atoms with E-state index in [-0.39, 0.29) is 10.2 Å². The number of alkyl halides is 6. The molecule has 1 aromatic carbocycles. The van der Waals surface area contributed by atoms with Gasteiger partial charge in [0.1, 0.15) is 11.3 Å². The van der Waals surface area contributed by atoms with Crippen LogP contribution in [0.1, 0.15) is 42.7 Å². The Hall–Kier alpha value is -1.64. The van der Waals surface area contributed by atoms with E-state index in [0.29, 0.717) is 16.0 Å². The highest BCUT2D eigenvalue weighted by Crippen LogP contribution is 2.45. The number of rotatable bonds is 1. The minimum atomic E-state index is -5.19. The Morgan fingerprint density at radius 3 is 1.88 bits per heavy atom. The molecule has 0 radical (unpaired) electrons. The maximum atomic E-state index is 13.3. The summed E-state index contributed by atoms with van der Waals surface area (Å²) in [6.45, 7) is 7.46. The Kier molecular flexibility index (Phi) is 6.84. The predicted molar refractivity (Wildman–Crippen MR) is 91.3 cm³/mol. The van der Waals surface area contributed by atoms with Gasteiger partial charge < -0.3 is 0 Å². The fraction of sp³-hybridized carbons (Fsp3) is 0.471. The van der Waals surface area contributed by atoms with Crippen LogP contribution >= 0.6 is 12.6 Å². The summed E-state index contributed by atoms with van der Waals surface area (Å²) in [5, 5.41) is 3.49. The van der Waals surface area contributed by atoms with E-state index in [1.165, 1.54) is 19.4 Å². The van der Waals surface area contributed by atoms with Crippen molar-refractivity contribution in [2.24, 2.45) is 7.05 Å². The summed E-state index contributed by atoms with van der Waals surface area (Å²) in [5.74, 6) is 0. The molecular weight excluding hydrogens is 378 g/mol. The van der Waals surface area contributed by atoms with Crippen molar-refractivity contribution in [1.29, 1.82) is 0 Å². The van der Waals surface area contributed by atoms with Gasteiger partial charge in [-0.2, -0.15) is 31.4 Å². The van der Waals surface area contributed by atoms with Crippen LogP contribution in [-0.4, -0.2) is 9.78 Å². The van der Waals surface area contributed by atoms with Gasteiger partial charge in [0.05, 0.1) is 0 Å². The number of benzene rings is 1. The van der Waals surface area contributed by atoms with E-state index in [9.17, 15) is 26.3 Å². The third kappa shape index (κ3) is 4.75. The van der Waals surface area contributed by atoms with Gasteiger partial charge in [0.25, 0.3) is 0 Å². The van der Waals surface area contributed by atoms with Crippen molar-refractivity contribution in [3.63, 3.8) is 0 Å². The number of aromatic nitrogens is 2. The predicted octanol–water partition coefficient (Wildman–Crippen LogP) is 6.45. The zero-order chi connectivity index (χ0) is 20.4. The normalized spacial score (nSPS) is 12.0. The van der Waals surface area contributed by atoms with E-state index < -0.39 is 29.3 Å². The van der Waals surface area contributed by atoms with Gasteiger partial charge in [-0.15, -0.1) is 12.6 Å². The first-order valence-electron chi connectivity index (χ1n) is 7.77. The molecule has 0 saturated heterocycles. The molecule has 0 aliphatic carbocycles. The fourth-order valence-corrected chi connectivity index (χ4v) is 2.60. The van der Waals surface area contributed by atoms with Crippen LogP contribution in [0.4, 0.5) is 26.3 Å². The van der Waals surface area contributed by atoms with Crippen LogP contribution in [0.2, 0.25) is 0 Å². The lowest BCUT2D eigenvalue weighted by Gasteiger charge is -2.14. The van der Waals surface area contributed by atoms with E-state index in [2.05, 4.69) is 31.6 Å². The second-order valence-electron chi connectivity index (χ2n) is 5.85. The Balaban J connectivity index is 0.00000105. The summed E-state index contributed by atoms with van der Waals surface area (Å²) in [5.41, 5.74) is -3.29. The average molecular weight is 398 g/mol. The Labute approximate surface area is 153 Å². The van der Waals surface area contributed by atoms with E-state index in [0.717, 1.165) is 7.05 Å². The number of thiol groups is 1. The van der Waals surface area contributed by atoms with Crippen molar-refractivity contribution in [1.82, 2.24) is 9.78 Å². The molecule has 0 amide bonds. The van der Waals surface area contributed by atoms with Gasteiger partial charge in [0.15, 0.2) is 5.69 Å². The van der Waals surface area contributed by atoms with Crippen molar-refractivity contribution in [3.05, 3.63) is 34.5 Å². The highest BCUT2D eigenvalue weighted by atomic mass is 32.1. The molecule has 2 aromatic rings. The lowest BCUT2D eigenvalue weighted by molar-refractivity contribution is -0.165. The molecule has 0 N–H and O–H groups in total. The number of nitrogens with zero attached hydrogens (tertiary/aromatic N) is 2. The average Bonchev–Trinajstić information content (AvgIpc) is 2.81. The zero-order valence-electron chi connectivity index (χ0n) is 15.0. The SMILES string of the molecule is CCC.Cc1cc(C)c(-c2nn(C)c(C(F)(F)F)c2C(F)(F)F)cc1S. The van der Waals surface area contributed by atoms with Crippen molar-refractivity contribution in [2.75, 3.05) is 0 Å². The quantitative estimate of drug-likeness (QED) is 0.432. The molecule has 26 heavy (non-hydrogen) atoms. The van der Waals surface area contributed by atoms with Crippen molar-refractivity contribution in [3.8, 4) is 11.3 Å².